The Balaban J connectivity index is 2.48. The topological polar surface area (TPSA) is 85.2 Å². The third-order valence-corrected chi connectivity index (χ3v) is 3.18. The molecule has 6 nitrogen and oxygen atoms in total. The van der Waals surface area contributed by atoms with Crippen molar-refractivity contribution >= 4 is 21.9 Å². The lowest BCUT2D eigenvalue weighted by molar-refractivity contribution is -0.153. The quantitative estimate of drug-likeness (QED) is 0.816. The number of hydrogen-bond acceptors (Lipinski definition) is 6. The standard InChI is InChI=1S/C12H13BrO6/c1-2-17-12(16)10(15)8-9(14)6(13)5-7-11(8)19-4-3-18-7/h5,10,14-15H,2-4H2,1H3. The van der Waals surface area contributed by atoms with E-state index >= 15 is 0 Å². The van der Waals surface area contributed by atoms with Crippen molar-refractivity contribution in [1.29, 1.82) is 0 Å². The number of aliphatic hydroxyl groups is 1. The summed E-state index contributed by atoms with van der Waals surface area (Å²) in [5.41, 5.74) is -0.0532. The summed E-state index contributed by atoms with van der Waals surface area (Å²) in [6.07, 6.45) is -1.63. The molecular weight excluding hydrogens is 320 g/mol. The highest BCUT2D eigenvalue weighted by Crippen LogP contribution is 2.46. The van der Waals surface area contributed by atoms with Crippen LogP contribution in [-0.2, 0) is 9.53 Å². The predicted molar refractivity (Wildman–Crippen MR) is 68.4 cm³/mol. The Morgan fingerprint density at radius 2 is 2.21 bits per heavy atom. The summed E-state index contributed by atoms with van der Waals surface area (Å²) in [5.74, 6) is -0.612. The van der Waals surface area contributed by atoms with Crippen molar-refractivity contribution in [3.05, 3.63) is 16.1 Å². The van der Waals surface area contributed by atoms with E-state index in [1.165, 1.54) is 6.07 Å². The highest BCUT2D eigenvalue weighted by Gasteiger charge is 2.31. The molecule has 7 heteroatoms. The molecular formula is C12H13BrO6. The van der Waals surface area contributed by atoms with E-state index in [9.17, 15) is 15.0 Å². The van der Waals surface area contributed by atoms with Crippen LogP contribution in [0.5, 0.6) is 17.2 Å². The average Bonchev–Trinajstić information content (AvgIpc) is 2.40. The van der Waals surface area contributed by atoms with Gasteiger partial charge in [0.2, 0.25) is 0 Å². The molecule has 0 saturated heterocycles. The Kier molecular flexibility index (Phi) is 4.16. The largest absolute Gasteiger partial charge is 0.506 e. The van der Waals surface area contributed by atoms with Gasteiger partial charge in [-0.1, -0.05) is 0 Å². The van der Waals surface area contributed by atoms with Gasteiger partial charge >= 0.3 is 5.97 Å². The van der Waals surface area contributed by atoms with Crippen molar-refractivity contribution in [3.63, 3.8) is 0 Å². The van der Waals surface area contributed by atoms with Gasteiger partial charge in [0.1, 0.15) is 19.0 Å². The van der Waals surface area contributed by atoms with Crippen LogP contribution in [0.25, 0.3) is 0 Å². The summed E-state index contributed by atoms with van der Waals surface area (Å²) in [4.78, 5) is 11.6. The zero-order valence-electron chi connectivity index (χ0n) is 10.2. The lowest BCUT2D eigenvalue weighted by Crippen LogP contribution is -2.21. The maximum absolute atomic E-state index is 11.6. The molecule has 0 bridgehead atoms. The number of phenolic OH excluding ortho intramolecular Hbond substituents is 1. The fourth-order valence-electron chi connectivity index (χ4n) is 1.76. The maximum Gasteiger partial charge on any atom is 0.339 e. The number of halogens is 1. The van der Waals surface area contributed by atoms with Gasteiger partial charge in [0, 0.05) is 6.07 Å². The molecule has 0 amide bonds. The van der Waals surface area contributed by atoms with Gasteiger partial charge in [0.05, 0.1) is 16.6 Å². The number of fused-ring (bicyclic) bond motifs is 1. The number of hydrogen-bond donors (Lipinski definition) is 2. The third-order valence-electron chi connectivity index (χ3n) is 2.58. The number of carbonyl (C=O) groups is 1. The first kappa shape index (κ1) is 14.0. The molecule has 0 fully saturated rings. The molecule has 1 aliphatic heterocycles. The molecule has 1 unspecified atom stereocenters. The van der Waals surface area contributed by atoms with E-state index in [4.69, 9.17) is 14.2 Å². The van der Waals surface area contributed by atoms with E-state index in [0.29, 0.717) is 16.8 Å². The Morgan fingerprint density at radius 1 is 1.53 bits per heavy atom. The smallest absolute Gasteiger partial charge is 0.339 e. The number of phenols is 1. The molecule has 19 heavy (non-hydrogen) atoms. The first-order chi connectivity index (χ1) is 9.06. The van der Waals surface area contributed by atoms with Crippen molar-refractivity contribution < 1.29 is 29.2 Å². The van der Waals surface area contributed by atoms with Gasteiger partial charge in [-0.05, 0) is 22.9 Å². The van der Waals surface area contributed by atoms with E-state index in [1.54, 1.807) is 6.92 Å². The molecule has 1 aromatic rings. The van der Waals surface area contributed by atoms with Crippen LogP contribution in [0.2, 0.25) is 0 Å². The number of rotatable bonds is 3. The second-order valence-corrected chi connectivity index (χ2v) is 4.65. The summed E-state index contributed by atoms with van der Waals surface area (Å²) >= 11 is 3.13. The number of benzene rings is 1. The summed E-state index contributed by atoms with van der Waals surface area (Å²) in [6.45, 7) is 2.39. The monoisotopic (exact) mass is 332 g/mol. The van der Waals surface area contributed by atoms with E-state index < -0.39 is 12.1 Å². The molecule has 0 radical (unpaired) electrons. The van der Waals surface area contributed by atoms with Gasteiger partial charge in [0.25, 0.3) is 0 Å². The highest BCUT2D eigenvalue weighted by molar-refractivity contribution is 9.10. The van der Waals surface area contributed by atoms with Crippen LogP contribution in [0, 0.1) is 0 Å². The SMILES string of the molecule is CCOC(=O)C(O)c1c(O)c(Br)cc2c1OCCO2. The van der Waals surface area contributed by atoms with E-state index in [2.05, 4.69) is 15.9 Å². The van der Waals surface area contributed by atoms with E-state index in [-0.39, 0.29) is 30.3 Å². The van der Waals surface area contributed by atoms with Crippen molar-refractivity contribution in [2.24, 2.45) is 0 Å². The predicted octanol–water partition coefficient (Wildman–Crippen LogP) is 1.52. The first-order valence-corrected chi connectivity index (χ1v) is 6.51. The van der Waals surface area contributed by atoms with E-state index in [1.807, 2.05) is 0 Å². The van der Waals surface area contributed by atoms with Crippen LogP contribution in [0.15, 0.2) is 10.5 Å². The molecule has 0 aliphatic carbocycles. The third kappa shape index (κ3) is 2.62. The van der Waals surface area contributed by atoms with Gasteiger partial charge in [-0.15, -0.1) is 0 Å². The summed E-state index contributed by atoms with van der Waals surface area (Å²) in [5, 5.41) is 20.0. The molecule has 2 rings (SSSR count). The lowest BCUT2D eigenvalue weighted by atomic mass is 10.1. The van der Waals surface area contributed by atoms with Gasteiger partial charge in [-0.3, -0.25) is 0 Å². The van der Waals surface area contributed by atoms with E-state index in [0.717, 1.165) is 0 Å². The fourth-order valence-corrected chi connectivity index (χ4v) is 2.18. The molecule has 104 valence electrons. The zero-order valence-corrected chi connectivity index (χ0v) is 11.8. The number of carbonyl (C=O) groups excluding carboxylic acids is 1. The minimum Gasteiger partial charge on any atom is -0.506 e. The van der Waals surface area contributed by atoms with Gasteiger partial charge in [-0.2, -0.15) is 0 Å². The second-order valence-electron chi connectivity index (χ2n) is 3.80. The number of ether oxygens (including phenoxy) is 3. The lowest BCUT2D eigenvalue weighted by Gasteiger charge is -2.24. The van der Waals surface area contributed by atoms with Crippen LogP contribution in [0.4, 0.5) is 0 Å². The zero-order chi connectivity index (χ0) is 14.0. The van der Waals surface area contributed by atoms with Crippen LogP contribution in [-0.4, -0.2) is 36.0 Å². The maximum atomic E-state index is 11.6. The molecule has 1 atom stereocenters. The molecule has 0 aromatic heterocycles. The summed E-state index contributed by atoms with van der Waals surface area (Å²) < 4.78 is 15.8. The Morgan fingerprint density at radius 3 is 2.89 bits per heavy atom. The van der Waals surface area contributed by atoms with Gasteiger partial charge in [0.15, 0.2) is 17.6 Å². The molecule has 2 N–H and O–H groups in total. The normalized spacial score (nSPS) is 14.9. The molecule has 0 spiro atoms. The highest BCUT2D eigenvalue weighted by atomic mass is 79.9. The van der Waals surface area contributed by atoms with Crippen LogP contribution < -0.4 is 9.47 Å². The Labute approximate surface area is 118 Å². The van der Waals surface area contributed by atoms with Crippen LogP contribution in [0.3, 0.4) is 0 Å². The molecule has 1 aromatic carbocycles. The van der Waals surface area contributed by atoms with Crippen molar-refractivity contribution in [1.82, 2.24) is 0 Å². The van der Waals surface area contributed by atoms with Crippen LogP contribution in [0.1, 0.15) is 18.6 Å². The number of aliphatic hydroxyl groups excluding tert-OH is 1. The molecule has 1 heterocycles. The summed E-state index contributed by atoms with van der Waals surface area (Å²) in [6, 6.07) is 1.52. The summed E-state index contributed by atoms with van der Waals surface area (Å²) in [7, 11) is 0. The Bertz CT molecular complexity index is 501. The van der Waals surface area contributed by atoms with Gasteiger partial charge < -0.3 is 24.4 Å². The van der Waals surface area contributed by atoms with Gasteiger partial charge in [-0.25, -0.2) is 4.79 Å². The van der Waals surface area contributed by atoms with Crippen LogP contribution >= 0.6 is 15.9 Å². The van der Waals surface area contributed by atoms with Crippen molar-refractivity contribution in [2.75, 3.05) is 19.8 Å². The first-order valence-electron chi connectivity index (χ1n) is 5.72. The minimum atomic E-state index is -1.63. The number of esters is 1. The van der Waals surface area contributed by atoms with Crippen molar-refractivity contribution in [2.45, 2.75) is 13.0 Å². The molecule has 0 saturated carbocycles. The Hall–Kier alpha value is -1.47. The molecule has 1 aliphatic rings. The average molecular weight is 333 g/mol. The minimum absolute atomic E-state index is 0.0532. The van der Waals surface area contributed by atoms with Crippen molar-refractivity contribution in [3.8, 4) is 17.2 Å². The number of aromatic hydroxyl groups is 1. The fraction of sp³-hybridized carbons (Fsp3) is 0.417. The second kappa shape index (κ2) is 5.66.